The van der Waals surface area contributed by atoms with Crippen molar-refractivity contribution in [2.75, 3.05) is 6.54 Å². The molecule has 0 unspecified atom stereocenters. The lowest BCUT2D eigenvalue weighted by molar-refractivity contribution is -0.120. The van der Waals surface area contributed by atoms with Gasteiger partial charge in [0.1, 0.15) is 5.65 Å². The van der Waals surface area contributed by atoms with E-state index in [4.69, 9.17) is 11.6 Å². The number of aryl methyl sites for hydroxylation is 2. The molecule has 1 N–H and O–H groups in total. The van der Waals surface area contributed by atoms with E-state index >= 15 is 0 Å². The van der Waals surface area contributed by atoms with Crippen LogP contribution in [0.3, 0.4) is 0 Å². The fourth-order valence-corrected chi connectivity index (χ4v) is 2.92. The van der Waals surface area contributed by atoms with Gasteiger partial charge in [-0.15, -0.1) is 0 Å². The summed E-state index contributed by atoms with van der Waals surface area (Å²) in [6.45, 7) is 6.82. The zero-order valence-corrected chi connectivity index (χ0v) is 14.8. The summed E-state index contributed by atoms with van der Waals surface area (Å²) in [5.74, 6) is -0.0311. The Balaban J connectivity index is 1.61. The van der Waals surface area contributed by atoms with Crippen LogP contribution in [-0.4, -0.2) is 31.6 Å². The molecule has 0 bridgehead atoms. The van der Waals surface area contributed by atoms with Crippen LogP contribution in [0.15, 0.2) is 24.4 Å². The lowest BCUT2D eigenvalue weighted by atomic mass is 10.2. The lowest BCUT2D eigenvalue weighted by Gasteiger charge is -2.07. The third-order valence-electron chi connectivity index (χ3n) is 4.10. The molecule has 3 rings (SSSR count). The molecule has 3 heterocycles. The predicted octanol–water partition coefficient (Wildman–Crippen LogP) is 2.47. The van der Waals surface area contributed by atoms with Gasteiger partial charge in [-0.3, -0.25) is 9.48 Å². The minimum absolute atomic E-state index is 0.0311. The number of carbonyl (C=O) groups excluding carboxylic acids is 1. The number of aromatic nitrogens is 4. The minimum atomic E-state index is -0.0311. The molecular weight excluding hydrogens is 326 g/mol. The Kier molecular flexibility index (Phi) is 4.57. The van der Waals surface area contributed by atoms with Gasteiger partial charge in [0, 0.05) is 12.7 Å². The van der Waals surface area contributed by atoms with Crippen molar-refractivity contribution in [3.63, 3.8) is 0 Å². The van der Waals surface area contributed by atoms with Crippen LogP contribution in [0, 0.1) is 20.8 Å². The average Bonchev–Trinajstić information content (AvgIpc) is 2.99. The number of hydrogen-bond donors (Lipinski definition) is 1. The summed E-state index contributed by atoms with van der Waals surface area (Å²) in [5, 5.41) is 7.97. The molecule has 126 valence electrons. The van der Waals surface area contributed by atoms with Gasteiger partial charge in [-0.05, 0) is 32.9 Å². The molecule has 3 aromatic rings. The highest BCUT2D eigenvalue weighted by molar-refractivity contribution is 6.31. The van der Waals surface area contributed by atoms with Crippen LogP contribution in [0.5, 0.6) is 0 Å². The number of nitrogens with zero attached hydrogens (tertiary/aromatic N) is 4. The first kappa shape index (κ1) is 16.5. The maximum absolute atomic E-state index is 12.2. The molecule has 0 fully saturated rings. The molecule has 24 heavy (non-hydrogen) atoms. The van der Waals surface area contributed by atoms with E-state index in [1.165, 1.54) is 0 Å². The molecule has 0 aliphatic carbocycles. The van der Waals surface area contributed by atoms with Gasteiger partial charge in [0.15, 0.2) is 0 Å². The van der Waals surface area contributed by atoms with E-state index in [2.05, 4.69) is 15.4 Å². The van der Waals surface area contributed by atoms with Crippen molar-refractivity contribution in [2.24, 2.45) is 0 Å². The van der Waals surface area contributed by atoms with Gasteiger partial charge >= 0.3 is 0 Å². The van der Waals surface area contributed by atoms with Gasteiger partial charge in [-0.25, -0.2) is 4.98 Å². The molecule has 7 heteroatoms. The minimum Gasteiger partial charge on any atom is -0.354 e. The molecule has 0 aliphatic heterocycles. The number of amides is 1. The van der Waals surface area contributed by atoms with Crippen LogP contribution in [0.2, 0.25) is 5.02 Å². The van der Waals surface area contributed by atoms with Crippen molar-refractivity contribution in [1.82, 2.24) is 24.5 Å². The SMILES string of the molecule is Cc1nn(CCNC(=O)Cc2c(C)nc3ccccn23)c(C)c1Cl. The number of carbonyl (C=O) groups is 1. The summed E-state index contributed by atoms with van der Waals surface area (Å²) in [6.07, 6.45) is 2.23. The monoisotopic (exact) mass is 345 g/mol. The summed E-state index contributed by atoms with van der Waals surface area (Å²) in [5.41, 5.74) is 4.37. The van der Waals surface area contributed by atoms with E-state index in [1.54, 1.807) is 0 Å². The number of halogens is 1. The summed E-state index contributed by atoms with van der Waals surface area (Å²) in [4.78, 5) is 16.7. The number of imidazole rings is 1. The zero-order chi connectivity index (χ0) is 17.3. The first-order chi connectivity index (χ1) is 11.5. The van der Waals surface area contributed by atoms with Crippen molar-refractivity contribution in [1.29, 1.82) is 0 Å². The smallest absolute Gasteiger partial charge is 0.226 e. The van der Waals surface area contributed by atoms with E-state index in [0.717, 1.165) is 28.4 Å². The normalized spacial score (nSPS) is 11.2. The highest BCUT2D eigenvalue weighted by Gasteiger charge is 2.13. The molecule has 0 aromatic carbocycles. The number of fused-ring (bicyclic) bond motifs is 1. The second kappa shape index (κ2) is 6.65. The van der Waals surface area contributed by atoms with Gasteiger partial charge < -0.3 is 9.72 Å². The summed E-state index contributed by atoms with van der Waals surface area (Å²) < 4.78 is 3.77. The Morgan fingerprint density at radius 3 is 2.75 bits per heavy atom. The Morgan fingerprint density at radius 2 is 2.04 bits per heavy atom. The van der Waals surface area contributed by atoms with Gasteiger partial charge in [0.05, 0.1) is 40.8 Å². The number of pyridine rings is 1. The van der Waals surface area contributed by atoms with Gasteiger partial charge in [-0.2, -0.15) is 5.10 Å². The maximum atomic E-state index is 12.2. The molecule has 0 radical (unpaired) electrons. The zero-order valence-electron chi connectivity index (χ0n) is 14.0. The van der Waals surface area contributed by atoms with E-state index in [-0.39, 0.29) is 5.91 Å². The van der Waals surface area contributed by atoms with E-state index in [0.29, 0.717) is 24.5 Å². The summed E-state index contributed by atoms with van der Waals surface area (Å²) in [6, 6.07) is 5.80. The van der Waals surface area contributed by atoms with Gasteiger partial charge in [0.2, 0.25) is 5.91 Å². The standard InChI is InChI=1S/C17H20ClN5O/c1-11-14(22-8-5-4-6-15(22)20-11)10-16(24)19-7-9-23-13(3)17(18)12(2)21-23/h4-6,8H,7,9-10H2,1-3H3,(H,19,24). The highest BCUT2D eigenvalue weighted by atomic mass is 35.5. The molecule has 3 aromatic heterocycles. The van der Waals surface area contributed by atoms with Crippen LogP contribution < -0.4 is 5.32 Å². The first-order valence-corrected chi connectivity index (χ1v) is 8.24. The number of hydrogen-bond acceptors (Lipinski definition) is 3. The van der Waals surface area contributed by atoms with Gasteiger partial charge in [0.25, 0.3) is 0 Å². The van der Waals surface area contributed by atoms with Crippen molar-refractivity contribution in [3.8, 4) is 0 Å². The molecule has 0 aliphatic rings. The Labute approximate surface area is 145 Å². The quantitative estimate of drug-likeness (QED) is 0.772. The Bertz CT molecular complexity index is 896. The summed E-state index contributed by atoms with van der Waals surface area (Å²) >= 11 is 6.13. The molecule has 0 spiro atoms. The van der Waals surface area contributed by atoms with Crippen LogP contribution in [0.4, 0.5) is 0 Å². The van der Waals surface area contributed by atoms with Gasteiger partial charge in [-0.1, -0.05) is 17.7 Å². The second-order valence-corrected chi connectivity index (χ2v) is 6.19. The Hall–Kier alpha value is -2.34. The van der Waals surface area contributed by atoms with Crippen LogP contribution >= 0.6 is 11.6 Å². The van der Waals surface area contributed by atoms with Crippen LogP contribution in [-0.2, 0) is 17.8 Å². The summed E-state index contributed by atoms with van der Waals surface area (Å²) in [7, 11) is 0. The van der Waals surface area contributed by atoms with Crippen molar-refractivity contribution < 1.29 is 4.79 Å². The molecule has 0 atom stereocenters. The largest absolute Gasteiger partial charge is 0.354 e. The second-order valence-electron chi connectivity index (χ2n) is 5.81. The fraction of sp³-hybridized carbons (Fsp3) is 0.353. The van der Waals surface area contributed by atoms with Crippen molar-refractivity contribution in [2.45, 2.75) is 33.7 Å². The number of rotatable bonds is 5. The van der Waals surface area contributed by atoms with E-state index in [1.807, 2.05) is 54.2 Å². The highest BCUT2D eigenvalue weighted by Crippen LogP contribution is 2.18. The lowest BCUT2D eigenvalue weighted by Crippen LogP contribution is -2.29. The molecule has 0 saturated carbocycles. The number of nitrogens with one attached hydrogen (secondary N) is 1. The van der Waals surface area contributed by atoms with E-state index < -0.39 is 0 Å². The topological polar surface area (TPSA) is 64.2 Å². The van der Waals surface area contributed by atoms with Crippen LogP contribution in [0.1, 0.15) is 22.8 Å². The van der Waals surface area contributed by atoms with Crippen LogP contribution in [0.25, 0.3) is 5.65 Å². The molecular formula is C17H20ClN5O. The molecule has 1 amide bonds. The van der Waals surface area contributed by atoms with Crippen molar-refractivity contribution in [3.05, 3.63) is 52.2 Å². The van der Waals surface area contributed by atoms with Crippen molar-refractivity contribution >= 4 is 23.2 Å². The average molecular weight is 346 g/mol. The fourth-order valence-electron chi connectivity index (χ4n) is 2.79. The maximum Gasteiger partial charge on any atom is 0.226 e. The predicted molar refractivity (Wildman–Crippen MR) is 93.4 cm³/mol. The Morgan fingerprint density at radius 1 is 1.25 bits per heavy atom. The third kappa shape index (κ3) is 3.14. The van der Waals surface area contributed by atoms with E-state index in [9.17, 15) is 4.79 Å². The first-order valence-electron chi connectivity index (χ1n) is 7.86. The third-order valence-corrected chi connectivity index (χ3v) is 4.64. The molecule has 6 nitrogen and oxygen atoms in total. The molecule has 0 saturated heterocycles.